The highest BCUT2D eigenvalue weighted by Crippen LogP contribution is 2.14. The average Bonchev–Trinajstić information content (AvgIpc) is 2.15. The second-order valence-electron chi connectivity index (χ2n) is 3.53. The smallest absolute Gasteiger partial charge is 0.257 e. The lowest BCUT2D eigenvalue weighted by Gasteiger charge is -2.12. The normalized spacial score (nSPS) is 12.3. The fourth-order valence-corrected chi connectivity index (χ4v) is 1.16. The van der Waals surface area contributed by atoms with E-state index in [1.807, 2.05) is 6.92 Å². The molecule has 88 valence electrons. The van der Waals surface area contributed by atoms with Crippen LogP contribution in [-0.4, -0.2) is 11.9 Å². The van der Waals surface area contributed by atoms with E-state index in [1.54, 1.807) is 6.92 Å². The minimum absolute atomic E-state index is 0.198. The van der Waals surface area contributed by atoms with Gasteiger partial charge in [-0.2, -0.15) is 0 Å². The summed E-state index contributed by atoms with van der Waals surface area (Å²) in [6.07, 6.45) is 0.635. The molecule has 0 bridgehead atoms. The van der Waals surface area contributed by atoms with Crippen molar-refractivity contribution in [3.63, 3.8) is 0 Å². The molecule has 1 aromatic carbocycles. The Morgan fingerprint density at radius 2 is 1.81 bits per heavy atom. The van der Waals surface area contributed by atoms with E-state index in [0.29, 0.717) is 18.6 Å². The summed E-state index contributed by atoms with van der Waals surface area (Å²) >= 11 is 0. The summed E-state index contributed by atoms with van der Waals surface area (Å²) < 4.78 is 38.9. The second kappa shape index (κ2) is 5.01. The van der Waals surface area contributed by atoms with Crippen LogP contribution < -0.4 is 5.32 Å². The molecule has 16 heavy (non-hydrogen) atoms. The number of carbonyl (C=O) groups is 1. The summed E-state index contributed by atoms with van der Waals surface area (Å²) in [6, 6.07) is 0.764. The summed E-state index contributed by atoms with van der Waals surface area (Å²) in [5.41, 5.74) is -0.748. The SMILES string of the molecule is CCC(C)NC(=O)c1c(F)cc(F)cc1F. The van der Waals surface area contributed by atoms with Crippen molar-refractivity contribution >= 4 is 5.91 Å². The number of amides is 1. The Morgan fingerprint density at radius 3 is 2.25 bits per heavy atom. The van der Waals surface area contributed by atoms with Gasteiger partial charge < -0.3 is 5.32 Å². The van der Waals surface area contributed by atoms with E-state index in [4.69, 9.17) is 0 Å². The zero-order valence-corrected chi connectivity index (χ0v) is 8.98. The molecular weight excluding hydrogens is 219 g/mol. The third-order valence-electron chi connectivity index (χ3n) is 2.22. The van der Waals surface area contributed by atoms with E-state index in [-0.39, 0.29) is 6.04 Å². The van der Waals surface area contributed by atoms with E-state index >= 15 is 0 Å². The van der Waals surface area contributed by atoms with Crippen LogP contribution in [0.4, 0.5) is 13.2 Å². The first-order chi connectivity index (χ1) is 7.45. The van der Waals surface area contributed by atoms with Gasteiger partial charge in [0, 0.05) is 18.2 Å². The highest BCUT2D eigenvalue weighted by Gasteiger charge is 2.19. The Bertz CT molecular complexity index is 383. The molecule has 2 nitrogen and oxygen atoms in total. The predicted octanol–water partition coefficient (Wildman–Crippen LogP) is 2.63. The van der Waals surface area contributed by atoms with E-state index in [2.05, 4.69) is 5.32 Å². The van der Waals surface area contributed by atoms with Crippen molar-refractivity contribution in [1.82, 2.24) is 5.32 Å². The number of rotatable bonds is 3. The maximum Gasteiger partial charge on any atom is 0.257 e. The fraction of sp³-hybridized carbons (Fsp3) is 0.364. The molecule has 0 aromatic heterocycles. The monoisotopic (exact) mass is 231 g/mol. The van der Waals surface area contributed by atoms with Crippen LogP contribution in [0.15, 0.2) is 12.1 Å². The number of nitrogens with one attached hydrogen (secondary N) is 1. The summed E-state index contributed by atoms with van der Waals surface area (Å²) in [5.74, 6) is -4.31. The Labute approximate surface area is 91.5 Å². The van der Waals surface area contributed by atoms with E-state index in [9.17, 15) is 18.0 Å². The number of halogens is 3. The Balaban J connectivity index is 3.00. The highest BCUT2D eigenvalue weighted by molar-refractivity contribution is 5.94. The van der Waals surface area contributed by atoms with Gasteiger partial charge in [0.2, 0.25) is 0 Å². The van der Waals surface area contributed by atoms with Gasteiger partial charge in [0.1, 0.15) is 23.0 Å². The number of hydrogen-bond acceptors (Lipinski definition) is 1. The van der Waals surface area contributed by atoms with Gasteiger partial charge in [0.25, 0.3) is 5.91 Å². The summed E-state index contributed by atoms with van der Waals surface area (Å²) in [7, 11) is 0. The zero-order chi connectivity index (χ0) is 12.3. The number of benzene rings is 1. The van der Waals surface area contributed by atoms with E-state index in [1.165, 1.54) is 0 Å². The third kappa shape index (κ3) is 2.74. The molecule has 1 atom stereocenters. The summed E-state index contributed by atoms with van der Waals surface area (Å²) in [4.78, 5) is 11.5. The van der Waals surface area contributed by atoms with Crippen LogP contribution in [0.3, 0.4) is 0 Å². The molecule has 0 radical (unpaired) electrons. The van der Waals surface area contributed by atoms with E-state index in [0.717, 1.165) is 0 Å². The second-order valence-corrected chi connectivity index (χ2v) is 3.53. The lowest BCUT2D eigenvalue weighted by Crippen LogP contribution is -2.33. The van der Waals surface area contributed by atoms with Crippen LogP contribution in [0.2, 0.25) is 0 Å². The van der Waals surface area contributed by atoms with Crippen molar-refractivity contribution in [2.24, 2.45) is 0 Å². The maximum absolute atomic E-state index is 13.2. The van der Waals surface area contributed by atoms with Crippen LogP contribution in [-0.2, 0) is 0 Å². The number of hydrogen-bond donors (Lipinski definition) is 1. The molecule has 0 aliphatic carbocycles. The molecule has 0 fully saturated rings. The largest absolute Gasteiger partial charge is 0.349 e. The molecule has 1 aromatic rings. The lowest BCUT2D eigenvalue weighted by molar-refractivity contribution is 0.0930. The van der Waals surface area contributed by atoms with Gasteiger partial charge >= 0.3 is 0 Å². The van der Waals surface area contributed by atoms with Gasteiger partial charge in [0.05, 0.1) is 0 Å². The first-order valence-corrected chi connectivity index (χ1v) is 4.91. The molecular formula is C11H12F3NO. The molecule has 1 rings (SSSR count). The third-order valence-corrected chi connectivity index (χ3v) is 2.22. The van der Waals surface area contributed by atoms with Crippen molar-refractivity contribution in [3.05, 3.63) is 35.1 Å². The molecule has 0 saturated carbocycles. The van der Waals surface area contributed by atoms with Gasteiger partial charge in [0.15, 0.2) is 0 Å². The zero-order valence-electron chi connectivity index (χ0n) is 8.98. The first-order valence-electron chi connectivity index (χ1n) is 4.91. The molecule has 0 aliphatic rings. The van der Waals surface area contributed by atoms with E-state index < -0.39 is 28.9 Å². The molecule has 5 heteroatoms. The maximum atomic E-state index is 13.2. The minimum atomic E-state index is -1.20. The Hall–Kier alpha value is -1.52. The predicted molar refractivity (Wildman–Crippen MR) is 53.5 cm³/mol. The molecule has 0 heterocycles. The molecule has 1 amide bonds. The molecule has 0 spiro atoms. The lowest BCUT2D eigenvalue weighted by atomic mass is 10.1. The van der Waals surface area contributed by atoms with Crippen molar-refractivity contribution in [2.45, 2.75) is 26.3 Å². The van der Waals surface area contributed by atoms with Gasteiger partial charge in [-0.05, 0) is 13.3 Å². The van der Waals surface area contributed by atoms with Crippen molar-refractivity contribution in [1.29, 1.82) is 0 Å². The Morgan fingerprint density at radius 1 is 1.31 bits per heavy atom. The van der Waals surface area contributed by atoms with Crippen LogP contribution in [0.1, 0.15) is 30.6 Å². The van der Waals surface area contributed by atoms with Gasteiger partial charge in [-0.3, -0.25) is 4.79 Å². The quantitative estimate of drug-likeness (QED) is 0.851. The summed E-state index contributed by atoms with van der Waals surface area (Å²) in [6.45, 7) is 3.53. The molecule has 1 N–H and O–H groups in total. The topological polar surface area (TPSA) is 29.1 Å². The van der Waals surface area contributed by atoms with Crippen LogP contribution in [0.5, 0.6) is 0 Å². The fourth-order valence-electron chi connectivity index (χ4n) is 1.16. The summed E-state index contributed by atoms with van der Waals surface area (Å²) in [5, 5.41) is 2.41. The van der Waals surface area contributed by atoms with Crippen LogP contribution in [0, 0.1) is 17.5 Å². The highest BCUT2D eigenvalue weighted by atomic mass is 19.1. The van der Waals surface area contributed by atoms with Gasteiger partial charge in [-0.15, -0.1) is 0 Å². The first kappa shape index (κ1) is 12.5. The average molecular weight is 231 g/mol. The standard InChI is InChI=1S/C11H12F3NO/c1-3-6(2)15-11(16)10-8(13)4-7(12)5-9(10)14/h4-6H,3H2,1-2H3,(H,15,16). The molecule has 1 unspecified atom stereocenters. The van der Waals surface area contributed by atoms with Crippen LogP contribution >= 0.6 is 0 Å². The number of carbonyl (C=O) groups excluding carboxylic acids is 1. The van der Waals surface area contributed by atoms with Crippen molar-refractivity contribution in [3.8, 4) is 0 Å². The molecule has 0 saturated heterocycles. The van der Waals surface area contributed by atoms with Gasteiger partial charge in [-0.1, -0.05) is 6.92 Å². The van der Waals surface area contributed by atoms with Crippen LogP contribution in [0.25, 0.3) is 0 Å². The van der Waals surface area contributed by atoms with Crippen molar-refractivity contribution < 1.29 is 18.0 Å². The molecule has 0 aliphatic heterocycles. The Kier molecular flexibility index (Phi) is 3.93. The minimum Gasteiger partial charge on any atom is -0.349 e. The van der Waals surface area contributed by atoms with Crippen molar-refractivity contribution in [2.75, 3.05) is 0 Å². The van der Waals surface area contributed by atoms with Gasteiger partial charge in [-0.25, -0.2) is 13.2 Å².